The van der Waals surface area contributed by atoms with Gasteiger partial charge in [0.05, 0.1) is 6.61 Å². The summed E-state index contributed by atoms with van der Waals surface area (Å²) in [6.45, 7) is 7.41. The molecule has 0 unspecified atom stereocenters. The number of esters is 1. The molecule has 148 valence electrons. The van der Waals surface area contributed by atoms with Gasteiger partial charge in [0.25, 0.3) is 0 Å². The second-order valence-electron chi connectivity index (χ2n) is 7.55. The van der Waals surface area contributed by atoms with Gasteiger partial charge >= 0.3 is 5.97 Å². The van der Waals surface area contributed by atoms with Crippen molar-refractivity contribution in [3.63, 3.8) is 0 Å². The number of hydrogen-bond acceptors (Lipinski definition) is 5. The molecule has 0 amide bonds. The molecule has 0 radical (unpaired) electrons. The number of carbonyl (C=O) groups excluding carboxylic acids is 2. The number of rotatable bonds is 8. The first-order valence-corrected chi connectivity index (χ1v) is 9.35. The lowest BCUT2D eigenvalue weighted by atomic mass is 10.0. The lowest BCUT2D eigenvalue weighted by molar-refractivity contribution is -0.146. The summed E-state index contributed by atoms with van der Waals surface area (Å²) in [7, 11) is 0. The van der Waals surface area contributed by atoms with E-state index in [0.29, 0.717) is 23.3 Å². The molecule has 0 aliphatic rings. The Balaban J connectivity index is 1.97. The third-order valence-electron chi connectivity index (χ3n) is 4.12. The molecule has 1 atom stereocenters. The van der Waals surface area contributed by atoms with Crippen LogP contribution >= 0.6 is 0 Å². The molecule has 1 N–H and O–H groups in total. The molecule has 0 aliphatic heterocycles. The summed E-state index contributed by atoms with van der Waals surface area (Å²) >= 11 is 0. The van der Waals surface area contributed by atoms with E-state index in [0.717, 1.165) is 0 Å². The van der Waals surface area contributed by atoms with Crippen LogP contribution in [0.5, 0.6) is 5.75 Å². The normalized spacial score (nSPS) is 12.1. The van der Waals surface area contributed by atoms with E-state index >= 15 is 0 Å². The summed E-state index contributed by atoms with van der Waals surface area (Å²) in [6.07, 6.45) is 0.586. The SMILES string of the molecule is CC[C@@H](COc1ccc(C(=O)c2ccccc2)cc1)C(=N)C(=O)OC(C)(C)C. The van der Waals surface area contributed by atoms with Gasteiger partial charge in [0.15, 0.2) is 5.78 Å². The molecule has 28 heavy (non-hydrogen) atoms. The summed E-state index contributed by atoms with van der Waals surface area (Å²) in [5.41, 5.74) is 0.484. The number of nitrogens with one attached hydrogen (secondary N) is 1. The van der Waals surface area contributed by atoms with Crippen molar-refractivity contribution >= 4 is 17.5 Å². The Labute approximate surface area is 166 Å². The summed E-state index contributed by atoms with van der Waals surface area (Å²) < 4.78 is 11.0. The summed E-state index contributed by atoms with van der Waals surface area (Å²) in [5.74, 6) is -0.447. The Bertz CT molecular complexity index is 820. The van der Waals surface area contributed by atoms with Gasteiger partial charge in [0.1, 0.15) is 17.1 Å². The zero-order valence-corrected chi connectivity index (χ0v) is 16.8. The molecule has 0 aliphatic carbocycles. The van der Waals surface area contributed by atoms with Crippen LogP contribution < -0.4 is 4.74 Å². The highest BCUT2D eigenvalue weighted by Gasteiger charge is 2.26. The molecule has 5 heteroatoms. The predicted octanol–water partition coefficient (Wildman–Crippen LogP) is 4.68. The lowest BCUT2D eigenvalue weighted by Crippen LogP contribution is -2.34. The van der Waals surface area contributed by atoms with Crippen molar-refractivity contribution in [1.29, 1.82) is 5.41 Å². The molecular weight excluding hydrogens is 354 g/mol. The van der Waals surface area contributed by atoms with Gasteiger partial charge in [-0.2, -0.15) is 0 Å². The Hall–Kier alpha value is -2.95. The van der Waals surface area contributed by atoms with E-state index in [9.17, 15) is 9.59 Å². The van der Waals surface area contributed by atoms with E-state index in [4.69, 9.17) is 14.9 Å². The second kappa shape index (κ2) is 9.31. The monoisotopic (exact) mass is 381 g/mol. The third-order valence-corrected chi connectivity index (χ3v) is 4.12. The molecule has 0 aromatic heterocycles. The number of carbonyl (C=O) groups is 2. The van der Waals surface area contributed by atoms with Crippen molar-refractivity contribution in [1.82, 2.24) is 0 Å². The predicted molar refractivity (Wildman–Crippen MR) is 109 cm³/mol. The molecule has 5 nitrogen and oxygen atoms in total. The second-order valence-corrected chi connectivity index (χ2v) is 7.55. The van der Waals surface area contributed by atoms with Crippen molar-refractivity contribution in [2.24, 2.45) is 5.92 Å². The van der Waals surface area contributed by atoms with Gasteiger partial charge in [0, 0.05) is 17.0 Å². The molecule has 0 bridgehead atoms. The van der Waals surface area contributed by atoms with Crippen LogP contribution in [0.3, 0.4) is 0 Å². The zero-order valence-electron chi connectivity index (χ0n) is 16.8. The maximum Gasteiger partial charge on any atom is 0.352 e. The van der Waals surface area contributed by atoms with Crippen LogP contribution in [0.2, 0.25) is 0 Å². The minimum atomic E-state index is -0.635. The van der Waals surface area contributed by atoms with Crippen molar-refractivity contribution in [2.45, 2.75) is 39.7 Å². The maximum atomic E-state index is 12.4. The standard InChI is InChI=1S/C23H27NO4/c1-5-16(20(24)22(26)28-23(2,3)4)15-27-19-13-11-18(12-14-19)21(25)17-9-7-6-8-10-17/h6-14,16,24H,5,15H2,1-4H3/t16-/m0/s1. The quantitative estimate of drug-likeness (QED) is 0.409. The van der Waals surface area contributed by atoms with E-state index in [1.54, 1.807) is 57.2 Å². The number of benzene rings is 2. The fraction of sp³-hybridized carbons (Fsp3) is 0.348. The molecule has 0 saturated carbocycles. The zero-order chi connectivity index (χ0) is 20.7. The van der Waals surface area contributed by atoms with Crippen LogP contribution in [0.4, 0.5) is 0 Å². The first kappa shape index (κ1) is 21.4. The highest BCUT2D eigenvalue weighted by atomic mass is 16.6. The van der Waals surface area contributed by atoms with Crippen LogP contribution in [-0.2, 0) is 9.53 Å². The Morgan fingerprint density at radius 1 is 0.964 bits per heavy atom. The minimum Gasteiger partial charge on any atom is -0.493 e. The van der Waals surface area contributed by atoms with Gasteiger partial charge in [-0.15, -0.1) is 0 Å². The lowest BCUT2D eigenvalue weighted by Gasteiger charge is -2.22. The van der Waals surface area contributed by atoms with Gasteiger partial charge in [0.2, 0.25) is 0 Å². The summed E-state index contributed by atoms with van der Waals surface area (Å²) in [6, 6.07) is 16.0. The van der Waals surface area contributed by atoms with Crippen LogP contribution in [-0.4, -0.2) is 29.7 Å². The Morgan fingerprint density at radius 2 is 1.54 bits per heavy atom. The maximum absolute atomic E-state index is 12.4. The van der Waals surface area contributed by atoms with Gasteiger partial charge in [-0.3, -0.25) is 10.2 Å². The van der Waals surface area contributed by atoms with E-state index in [1.165, 1.54) is 0 Å². The highest BCUT2D eigenvalue weighted by Crippen LogP contribution is 2.18. The first-order valence-electron chi connectivity index (χ1n) is 9.35. The fourth-order valence-electron chi connectivity index (χ4n) is 2.56. The molecule has 0 heterocycles. The number of hydrogen-bond donors (Lipinski definition) is 1. The van der Waals surface area contributed by atoms with Gasteiger partial charge in [-0.05, 0) is 51.5 Å². The third kappa shape index (κ3) is 6.05. The summed E-state index contributed by atoms with van der Waals surface area (Å²) in [4.78, 5) is 24.5. The van der Waals surface area contributed by atoms with Crippen LogP contribution in [0.25, 0.3) is 0 Å². The average molecular weight is 381 g/mol. The molecule has 0 fully saturated rings. The Kier molecular flexibility index (Phi) is 7.10. The molecule has 2 aromatic carbocycles. The van der Waals surface area contributed by atoms with Crippen molar-refractivity contribution in [3.8, 4) is 5.75 Å². The van der Waals surface area contributed by atoms with Gasteiger partial charge in [-0.25, -0.2) is 4.79 Å². The molecular formula is C23H27NO4. The fourth-order valence-corrected chi connectivity index (χ4v) is 2.56. The minimum absolute atomic E-state index is 0.0507. The molecule has 0 saturated heterocycles. The van der Waals surface area contributed by atoms with Crippen LogP contribution in [0.15, 0.2) is 54.6 Å². The molecule has 2 rings (SSSR count). The smallest absolute Gasteiger partial charge is 0.352 e. The van der Waals surface area contributed by atoms with E-state index in [2.05, 4.69) is 0 Å². The van der Waals surface area contributed by atoms with E-state index in [1.807, 2.05) is 25.1 Å². The van der Waals surface area contributed by atoms with Crippen LogP contribution in [0, 0.1) is 11.3 Å². The van der Waals surface area contributed by atoms with Crippen molar-refractivity contribution in [3.05, 3.63) is 65.7 Å². The van der Waals surface area contributed by atoms with Crippen molar-refractivity contribution < 1.29 is 19.1 Å². The van der Waals surface area contributed by atoms with Gasteiger partial charge < -0.3 is 9.47 Å². The topological polar surface area (TPSA) is 76.5 Å². The molecule has 0 spiro atoms. The van der Waals surface area contributed by atoms with Crippen molar-refractivity contribution in [2.75, 3.05) is 6.61 Å². The summed E-state index contributed by atoms with van der Waals surface area (Å²) in [5, 5.41) is 8.08. The average Bonchev–Trinajstić information content (AvgIpc) is 2.67. The van der Waals surface area contributed by atoms with Gasteiger partial charge in [-0.1, -0.05) is 37.3 Å². The highest BCUT2D eigenvalue weighted by molar-refractivity contribution is 6.36. The number of ketones is 1. The van der Waals surface area contributed by atoms with Crippen LogP contribution in [0.1, 0.15) is 50.0 Å². The first-order chi connectivity index (χ1) is 13.2. The van der Waals surface area contributed by atoms with E-state index in [-0.39, 0.29) is 24.0 Å². The molecule has 2 aromatic rings. The Morgan fingerprint density at radius 3 is 2.07 bits per heavy atom. The number of ether oxygens (including phenoxy) is 2. The largest absolute Gasteiger partial charge is 0.493 e. The van der Waals surface area contributed by atoms with E-state index < -0.39 is 11.6 Å².